The fourth-order valence-corrected chi connectivity index (χ4v) is 3.41. The van der Waals surface area contributed by atoms with Crippen LogP contribution in [0, 0.1) is 0 Å². The van der Waals surface area contributed by atoms with Crippen LogP contribution in [0.5, 0.6) is 0 Å². The van der Waals surface area contributed by atoms with E-state index in [1.54, 1.807) is 16.6 Å². The number of aromatic nitrogens is 1. The van der Waals surface area contributed by atoms with E-state index in [1.807, 2.05) is 44.2 Å². The Morgan fingerprint density at radius 3 is 2.50 bits per heavy atom. The number of methoxy groups -OCH3 is 1. The molecule has 8 heteroatoms. The molecule has 0 aliphatic rings. The lowest BCUT2D eigenvalue weighted by molar-refractivity contribution is 0.0569. The Labute approximate surface area is 154 Å². The third-order valence-corrected chi connectivity index (χ3v) is 5.04. The number of primary sulfonamides is 1. The van der Waals surface area contributed by atoms with E-state index >= 15 is 0 Å². The Morgan fingerprint density at radius 1 is 1.31 bits per heavy atom. The summed E-state index contributed by atoms with van der Waals surface area (Å²) in [6.07, 6.45) is 1.41. The van der Waals surface area contributed by atoms with Gasteiger partial charge in [0.25, 0.3) is 5.91 Å². The van der Waals surface area contributed by atoms with Gasteiger partial charge in [-0.3, -0.25) is 4.79 Å². The molecular weight excluding hydrogens is 354 g/mol. The number of ether oxygens (including phenoxy) is 1. The molecule has 2 aromatic rings. The van der Waals surface area contributed by atoms with Gasteiger partial charge in [-0.25, -0.2) is 13.6 Å². The molecule has 1 aromatic heterocycles. The number of likely N-dealkylation sites (N-methyl/N-ethyl adjacent to an activating group) is 1. The highest BCUT2D eigenvalue weighted by atomic mass is 32.2. The number of benzene rings is 1. The minimum atomic E-state index is -3.91. The third-order valence-electron chi connectivity index (χ3n) is 4.16. The van der Waals surface area contributed by atoms with Gasteiger partial charge in [-0.15, -0.1) is 0 Å². The van der Waals surface area contributed by atoms with E-state index in [9.17, 15) is 13.2 Å². The lowest BCUT2D eigenvalue weighted by Gasteiger charge is -2.28. The molecule has 2 rings (SSSR count). The number of nitrogens with zero attached hydrogens (tertiary/aromatic N) is 2. The van der Waals surface area contributed by atoms with E-state index in [4.69, 9.17) is 9.88 Å². The number of amides is 1. The standard InChI is InChI=1S/C18H25N3O4S/c1-4-21(14(2)13-25-3)18(22)17-10-16(26(19,23)24)12-20(17)11-15-8-6-5-7-9-15/h5-10,12,14H,4,11,13H2,1-3H3,(H2,19,23,24). The zero-order chi connectivity index (χ0) is 19.3. The number of nitrogens with two attached hydrogens (primary N) is 1. The summed E-state index contributed by atoms with van der Waals surface area (Å²) in [5, 5.41) is 5.26. The number of carbonyl (C=O) groups excluding carboxylic acids is 1. The fourth-order valence-electron chi connectivity index (χ4n) is 2.86. The van der Waals surface area contributed by atoms with Gasteiger partial charge in [-0.2, -0.15) is 0 Å². The first-order valence-electron chi connectivity index (χ1n) is 8.34. The zero-order valence-corrected chi connectivity index (χ0v) is 16.1. The van der Waals surface area contributed by atoms with Gasteiger partial charge in [-0.05, 0) is 25.5 Å². The molecule has 0 radical (unpaired) electrons. The molecule has 0 saturated carbocycles. The van der Waals surface area contributed by atoms with E-state index in [2.05, 4.69) is 0 Å². The highest BCUT2D eigenvalue weighted by Crippen LogP contribution is 2.18. The summed E-state index contributed by atoms with van der Waals surface area (Å²) >= 11 is 0. The topological polar surface area (TPSA) is 94.6 Å². The Hall–Kier alpha value is -2.16. The summed E-state index contributed by atoms with van der Waals surface area (Å²) in [5.41, 5.74) is 1.23. The molecule has 0 spiro atoms. The lowest BCUT2D eigenvalue weighted by atomic mass is 10.2. The van der Waals surface area contributed by atoms with Gasteiger partial charge in [0.05, 0.1) is 12.6 Å². The van der Waals surface area contributed by atoms with E-state index in [0.29, 0.717) is 19.7 Å². The summed E-state index contributed by atoms with van der Waals surface area (Å²) < 4.78 is 30.3. The highest BCUT2D eigenvalue weighted by Gasteiger charge is 2.25. The van der Waals surface area contributed by atoms with Crippen molar-refractivity contribution < 1.29 is 17.9 Å². The van der Waals surface area contributed by atoms with Gasteiger partial charge in [0.2, 0.25) is 10.0 Å². The number of rotatable bonds is 8. The third kappa shape index (κ3) is 4.72. The Kier molecular flexibility index (Phi) is 6.57. The molecule has 1 unspecified atom stereocenters. The molecule has 142 valence electrons. The molecule has 0 fully saturated rings. The minimum absolute atomic E-state index is 0.0766. The van der Waals surface area contributed by atoms with Crippen molar-refractivity contribution in [2.75, 3.05) is 20.3 Å². The largest absolute Gasteiger partial charge is 0.383 e. The number of hydrogen-bond acceptors (Lipinski definition) is 4. The molecule has 0 saturated heterocycles. The molecule has 0 aliphatic carbocycles. The smallest absolute Gasteiger partial charge is 0.270 e. The number of sulfonamides is 1. The average molecular weight is 379 g/mol. The maximum absolute atomic E-state index is 13.1. The van der Waals surface area contributed by atoms with Crippen LogP contribution >= 0.6 is 0 Å². The first-order chi connectivity index (χ1) is 12.3. The van der Waals surface area contributed by atoms with E-state index < -0.39 is 10.0 Å². The molecule has 1 heterocycles. The van der Waals surface area contributed by atoms with Crippen molar-refractivity contribution in [1.29, 1.82) is 0 Å². The monoisotopic (exact) mass is 379 g/mol. The molecule has 1 amide bonds. The van der Waals surface area contributed by atoms with Gasteiger partial charge in [0.15, 0.2) is 0 Å². The summed E-state index contributed by atoms with van der Waals surface area (Å²) in [5.74, 6) is -0.261. The zero-order valence-electron chi connectivity index (χ0n) is 15.3. The van der Waals surface area contributed by atoms with Gasteiger partial charge in [-0.1, -0.05) is 30.3 Å². The fraction of sp³-hybridized carbons (Fsp3) is 0.389. The van der Waals surface area contributed by atoms with Crippen LogP contribution in [0.1, 0.15) is 29.9 Å². The van der Waals surface area contributed by atoms with Gasteiger partial charge >= 0.3 is 0 Å². The van der Waals surface area contributed by atoms with E-state index in [0.717, 1.165) is 5.56 Å². The molecule has 2 N–H and O–H groups in total. The molecule has 26 heavy (non-hydrogen) atoms. The second-order valence-electron chi connectivity index (χ2n) is 6.12. The number of carbonyl (C=O) groups is 1. The van der Waals surface area contributed by atoms with Crippen LogP contribution in [-0.2, 0) is 21.3 Å². The summed E-state index contributed by atoms with van der Waals surface area (Å²) in [7, 11) is -2.33. The van der Waals surface area contributed by atoms with Gasteiger partial charge in [0, 0.05) is 26.4 Å². The molecule has 1 aromatic carbocycles. The van der Waals surface area contributed by atoms with E-state index in [-0.39, 0.29) is 22.5 Å². The van der Waals surface area contributed by atoms with Crippen LogP contribution in [0.25, 0.3) is 0 Å². The summed E-state index contributed by atoms with van der Waals surface area (Å²) in [6.45, 7) is 4.99. The second kappa shape index (κ2) is 8.48. The van der Waals surface area contributed by atoms with Crippen molar-refractivity contribution in [3.05, 3.63) is 53.9 Å². The maximum atomic E-state index is 13.1. The summed E-state index contributed by atoms with van der Waals surface area (Å²) in [4.78, 5) is 14.6. The van der Waals surface area contributed by atoms with Crippen molar-refractivity contribution in [2.24, 2.45) is 5.14 Å². The summed E-state index contributed by atoms with van der Waals surface area (Å²) in [6, 6.07) is 10.7. The second-order valence-corrected chi connectivity index (χ2v) is 7.68. The van der Waals surface area contributed by atoms with Crippen LogP contribution in [-0.4, -0.2) is 50.1 Å². The van der Waals surface area contributed by atoms with Crippen molar-refractivity contribution >= 4 is 15.9 Å². The molecule has 7 nitrogen and oxygen atoms in total. The molecule has 0 bridgehead atoms. The predicted molar refractivity (Wildman–Crippen MR) is 99.4 cm³/mol. The van der Waals surface area contributed by atoms with Gasteiger partial charge in [0.1, 0.15) is 10.6 Å². The quantitative estimate of drug-likeness (QED) is 0.755. The van der Waals surface area contributed by atoms with Crippen molar-refractivity contribution in [3.63, 3.8) is 0 Å². The molecule has 0 aliphatic heterocycles. The number of hydrogen-bond donors (Lipinski definition) is 1. The van der Waals surface area contributed by atoms with Crippen LogP contribution in [0.3, 0.4) is 0 Å². The SMILES string of the molecule is CCN(C(=O)c1cc(S(N)(=O)=O)cn1Cc1ccccc1)C(C)COC. The molecule has 1 atom stereocenters. The minimum Gasteiger partial charge on any atom is -0.383 e. The van der Waals surface area contributed by atoms with Crippen LogP contribution in [0.2, 0.25) is 0 Å². The van der Waals surface area contributed by atoms with Crippen LogP contribution in [0.4, 0.5) is 0 Å². The average Bonchev–Trinajstić information content (AvgIpc) is 3.00. The first-order valence-corrected chi connectivity index (χ1v) is 9.89. The normalized spacial score (nSPS) is 12.8. The Bertz CT molecular complexity index is 847. The maximum Gasteiger partial charge on any atom is 0.270 e. The van der Waals surface area contributed by atoms with Crippen molar-refractivity contribution in [3.8, 4) is 0 Å². The van der Waals surface area contributed by atoms with E-state index in [1.165, 1.54) is 12.3 Å². The van der Waals surface area contributed by atoms with Crippen LogP contribution < -0.4 is 5.14 Å². The van der Waals surface area contributed by atoms with Crippen molar-refractivity contribution in [2.45, 2.75) is 31.3 Å². The molecular formula is C18H25N3O4S. The van der Waals surface area contributed by atoms with Gasteiger partial charge < -0.3 is 14.2 Å². The van der Waals surface area contributed by atoms with Crippen LogP contribution in [0.15, 0.2) is 47.5 Å². The highest BCUT2D eigenvalue weighted by molar-refractivity contribution is 7.89. The Balaban J connectivity index is 2.44. The lowest BCUT2D eigenvalue weighted by Crippen LogP contribution is -2.41. The first kappa shape index (κ1) is 20.2. The predicted octanol–water partition coefficient (Wildman–Crippen LogP) is 1.68. The Morgan fingerprint density at radius 2 is 1.96 bits per heavy atom. The van der Waals surface area contributed by atoms with Crippen molar-refractivity contribution in [1.82, 2.24) is 9.47 Å².